The van der Waals surface area contributed by atoms with Crippen LogP contribution in [-0.4, -0.2) is 19.7 Å². The molecular formula is C12H9F3N4. The summed E-state index contributed by atoms with van der Waals surface area (Å²) >= 11 is 0. The van der Waals surface area contributed by atoms with Gasteiger partial charge < -0.3 is 4.98 Å². The van der Waals surface area contributed by atoms with Crippen LogP contribution in [0, 0.1) is 6.92 Å². The molecule has 1 N–H and O–H groups in total. The van der Waals surface area contributed by atoms with Gasteiger partial charge in [-0.1, -0.05) is 6.07 Å². The van der Waals surface area contributed by atoms with Gasteiger partial charge in [0.15, 0.2) is 5.82 Å². The lowest BCUT2D eigenvalue weighted by Gasteiger charge is -2.08. The molecule has 0 amide bonds. The molecule has 2 aromatic heterocycles. The van der Waals surface area contributed by atoms with Gasteiger partial charge in [0, 0.05) is 0 Å². The average Bonchev–Trinajstić information content (AvgIpc) is 2.92. The second-order valence-corrected chi connectivity index (χ2v) is 4.20. The van der Waals surface area contributed by atoms with Gasteiger partial charge in [-0.3, -0.25) is 0 Å². The van der Waals surface area contributed by atoms with E-state index in [-0.39, 0.29) is 16.2 Å². The molecule has 98 valence electrons. The molecule has 7 heteroatoms. The molecule has 4 nitrogen and oxygen atoms in total. The Morgan fingerprint density at radius 2 is 2.00 bits per heavy atom. The Morgan fingerprint density at radius 1 is 1.21 bits per heavy atom. The number of benzene rings is 1. The Bertz CT molecular complexity index is 739. The van der Waals surface area contributed by atoms with Crippen molar-refractivity contribution in [3.8, 4) is 11.5 Å². The third-order valence-electron chi connectivity index (χ3n) is 2.76. The van der Waals surface area contributed by atoms with Crippen LogP contribution in [0.25, 0.3) is 22.6 Å². The fourth-order valence-electron chi connectivity index (χ4n) is 1.93. The SMILES string of the molecule is Cc1ccc2nc(-c3ccnn3C(F)(F)F)[nH]c2c1. The van der Waals surface area contributed by atoms with Crippen LogP contribution in [0.15, 0.2) is 30.5 Å². The highest BCUT2D eigenvalue weighted by atomic mass is 19.4. The van der Waals surface area contributed by atoms with Gasteiger partial charge in [-0.2, -0.15) is 9.78 Å². The van der Waals surface area contributed by atoms with E-state index in [1.165, 1.54) is 6.07 Å². The van der Waals surface area contributed by atoms with Crippen LogP contribution in [0.4, 0.5) is 13.2 Å². The molecule has 19 heavy (non-hydrogen) atoms. The number of nitrogens with one attached hydrogen (secondary N) is 1. The molecule has 0 bridgehead atoms. The topological polar surface area (TPSA) is 46.5 Å². The number of aromatic amines is 1. The van der Waals surface area contributed by atoms with Crippen LogP contribution in [-0.2, 0) is 6.30 Å². The van der Waals surface area contributed by atoms with E-state index in [0.717, 1.165) is 11.8 Å². The number of alkyl halides is 3. The van der Waals surface area contributed by atoms with E-state index < -0.39 is 6.30 Å². The summed E-state index contributed by atoms with van der Waals surface area (Å²) in [5.41, 5.74) is 2.22. The van der Waals surface area contributed by atoms with Crippen molar-refractivity contribution in [3.05, 3.63) is 36.0 Å². The van der Waals surface area contributed by atoms with E-state index in [1.54, 1.807) is 6.07 Å². The lowest BCUT2D eigenvalue weighted by Crippen LogP contribution is -2.19. The highest BCUT2D eigenvalue weighted by Crippen LogP contribution is 2.28. The molecule has 0 unspecified atom stereocenters. The van der Waals surface area contributed by atoms with Crippen molar-refractivity contribution in [1.29, 1.82) is 0 Å². The molecule has 0 radical (unpaired) electrons. The molecule has 0 spiro atoms. The molecule has 2 heterocycles. The Labute approximate surface area is 105 Å². The first-order chi connectivity index (χ1) is 8.95. The van der Waals surface area contributed by atoms with Crippen molar-refractivity contribution in [3.63, 3.8) is 0 Å². The van der Waals surface area contributed by atoms with Crippen molar-refractivity contribution >= 4 is 11.0 Å². The molecule has 3 aromatic rings. The minimum absolute atomic E-state index is 0.00241. The summed E-state index contributed by atoms with van der Waals surface area (Å²) in [6.07, 6.45) is -3.46. The van der Waals surface area contributed by atoms with Crippen molar-refractivity contribution in [2.75, 3.05) is 0 Å². The van der Waals surface area contributed by atoms with Crippen molar-refractivity contribution in [1.82, 2.24) is 19.7 Å². The number of hydrogen-bond donors (Lipinski definition) is 1. The van der Waals surface area contributed by atoms with Crippen LogP contribution in [0.2, 0.25) is 0 Å². The summed E-state index contributed by atoms with van der Waals surface area (Å²) in [4.78, 5) is 7.03. The molecule has 3 rings (SSSR count). The van der Waals surface area contributed by atoms with E-state index >= 15 is 0 Å². The molecule has 0 atom stereocenters. The van der Waals surface area contributed by atoms with E-state index in [1.807, 2.05) is 19.1 Å². The summed E-state index contributed by atoms with van der Waals surface area (Å²) in [6, 6.07) is 6.73. The number of hydrogen-bond acceptors (Lipinski definition) is 2. The van der Waals surface area contributed by atoms with Crippen LogP contribution >= 0.6 is 0 Å². The monoisotopic (exact) mass is 266 g/mol. The molecular weight excluding hydrogens is 257 g/mol. The lowest BCUT2D eigenvalue weighted by atomic mass is 10.2. The normalized spacial score (nSPS) is 12.2. The number of nitrogens with zero attached hydrogens (tertiary/aromatic N) is 3. The number of rotatable bonds is 1. The van der Waals surface area contributed by atoms with Crippen LogP contribution in [0.1, 0.15) is 5.56 Å². The number of halogens is 3. The van der Waals surface area contributed by atoms with E-state index in [2.05, 4.69) is 15.1 Å². The maximum atomic E-state index is 12.7. The molecule has 0 saturated carbocycles. The van der Waals surface area contributed by atoms with Crippen LogP contribution in [0.3, 0.4) is 0 Å². The average molecular weight is 266 g/mol. The first kappa shape index (κ1) is 11.8. The number of aromatic nitrogens is 4. The zero-order valence-electron chi connectivity index (χ0n) is 9.86. The first-order valence-electron chi connectivity index (χ1n) is 5.53. The lowest BCUT2D eigenvalue weighted by molar-refractivity contribution is -0.211. The summed E-state index contributed by atoms with van der Waals surface area (Å²) in [5.74, 6) is 0.149. The third-order valence-corrected chi connectivity index (χ3v) is 2.76. The van der Waals surface area contributed by atoms with Gasteiger partial charge >= 0.3 is 6.30 Å². The van der Waals surface area contributed by atoms with Gasteiger partial charge in [0.25, 0.3) is 0 Å². The number of imidazole rings is 1. The summed E-state index contributed by atoms with van der Waals surface area (Å²) in [7, 11) is 0. The summed E-state index contributed by atoms with van der Waals surface area (Å²) in [6.45, 7) is 1.90. The highest BCUT2D eigenvalue weighted by molar-refractivity contribution is 5.79. The zero-order chi connectivity index (χ0) is 13.6. The van der Waals surface area contributed by atoms with Crippen molar-refractivity contribution in [2.24, 2.45) is 0 Å². The van der Waals surface area contributed by atoms with Gasteiger partial charge in [-0.25, -0.2) is 4.98 Å². The first-order valence-corrected chi connectivity index (χ1v) is 5.53. The van der Waals surface area contributed by atoms with Crippen molar-refractivity contribution < 1.29 is 13.2 Å². The van der Waals surface area contributed by atoms with Gasteiger partial charge in [-0.05, 0) is 30.7 Å². The largest absolute Gasteiger partial charge is 0.505 e. The van der Waals surface area contributed by atoms with Gasteiger partial charge in [0.2, 0.25) is 0 Å². The molecule has 0 saturated heterocycles. The van der Waals surface area contributed by atoms with Gasteiger partial charge in [0.05, 0.1) is 17.2 Å². The van der Waals surface area contributed by atoms with E-state index in [0.29, 0.717) is 11.0 Å². The maximum absolute atomic E-state index is 12.7. The fraction of sp³-hybridized carbons (Fsp3) is 0.167. The fourth-order valence-corrected chi connectivity index (χ4v) is 1.93. The van der Waals surface area contributed by atoms with Crippen LogP contribution in [0.5, 0.6) is 0 Å². The minimum atomic E-state index is -4.56. The van der Waals surface area contributed by atoms with E-state index in [4.69, 9.17) is 0 Å². The second kappa shape index (κ2) is 3.84. The Kier molecular flexibility index (Phi) is 2.38. The second-order valence-electron chi connectivity index (χ2n) is 4.20. The van der Waals surface area contributed by atoms with Gasteiger partial charge in [0.1, 0.15) is 5.69 Å². The number of aryl methyl sites for hydroxylation is 1. The minimum Gasteiger partial charge on any atom is -0.337 e. The Balaban J connectivity index is 2.17. The molecule has 0 aliphatic heterocycles. The highest BCUT2D eigenvalue weighted by Gasteiger charge is 2.34. The molecule has 0 fully saturated rings. The third kappa shape index (κ3) is 1.96. The van der Waals surface area contributed by atoms with Crippen molar-refractivity contribution in [2.45, 2.75) is 13.2 Å². The summed E-state index contributed by atoms with van der Waals surface area (Å²) in [5, 5.41) is 3.28. The Morgan fingerprint density at radius 3 is 2.74 bits per heavy atom. The standard InChI is InChI=1S/C12H9F3N4/c1-7-2-3-8-9(6-7)18-11(17-8)10-4-5-16-19(10)12(13,14)15/h2-6H,1H3,(H,17,18). The predicted octanol–water partition coefficient (Wildman–Crippen LogP) is 3.21. The maximum Gasteiger partial charge on any atom is 0.505 e. The van der Waals surface area contributed by atoms with Crippen LogP contribution < -0.4 is 0 Å². The molecule has 1 aromatic carbocycles. The quantitative estimate of drug-likeness (QED) is 0.735. The Hall–Kier alpha value is -2.31. The predicted molar refractivity (Wildman–Crippen MR) is 63.3 cm³/mol. The number of H-pyrrole nitrogens is 1. The number of fused-ring (bicyclic) bond motifs is 1. The molecule has 0 aliphatic carbocycles. The van der Waals surface area contributed by atoms with E-state index in [9.17, 15) is 13.2 Å². The zero-order valence-corrected chi connectivity index (χ0v) is 9.86. The molecule has 0 aliphatic rings. The smallest absolute Gasteiger partial charge is 0.337 e. The summed E-state index contributed by atoms with van der Waals surface area (Å²) < 4.78 is 38.2. The van der Waals surface area contributed by atoms with Gasteiger partial charge in [-0.15, -0.1) is 13.2 Å².